The van der Waals surface area contributed by atoms with Crippen LogP contribution in [-0.2, 0) is 4.74 Å². The molecule has 20 heavy (non-hydrogen) atoms. The van der Waals surface area contributed by atoms with E-state index in [0.717, 1.165) is 0 Å². The molecule has 3 N–H and O–H groups in total. The van der Waals surface area contributed by atoms with Crippen LogP contribution in [0.25, 0.3) is 11.0 Å². The molecule has 0 saturated carbocycles. The number of carbonyl (C=O) groups is 2. The third-order valence-corrected chi connectivity index (χ3v) is 2.37. The van der Waals surface area contributed by atoms with Gasteiger partial charge < -0.3 is 9.72 Å². The lowest BCUT2D eigenvalue weighted by atomic mass is 10.2. The molecule has 0 fully saturated rings. The second-order valence-corrected chi connectivity index (χ2v) is 5.18. The zero-order chi connectivity index (χ0) is 14.8. The quantitative estimate of drug-likeness (QED) is 0.691. The highest BCUT2D eigenvalue weighted by molar-refractivity contribution is 6.06. The minimum atomic E-state index is -0.719. The van der Waals surface area contributed by atoms with Gasteiger partial charge in [-0.25, -0.2) is 15.2 Å². The first-order valence-electron chi connectivity index (χ1n) is 6.08. The number of amides is 2. The number of hydrazine groups is 1. The lowest BCUT2D eigenvalue weighted by Gasteiger charge is -2.19. The van der Waals surface area contributed by atoms with Gasteiger partial charge in [0, 0.05) is 17.8 Å². The lowest BCUT2D eigenvalue weighted by molar-refractivity contribution is 0.0483. The number of hydrogen-bond donors (Lipinski definition) is 3. The summed E-state index contributed by atoms with van der Waals surface area (Å²) in [6.45, 7) is 5.21. The Morgan fingerprint density at radius 3 is 2.75 bits per heavy atom. The maximum absolute atomic E-state index is 12.0. The van der Waals surface area contributed by atoms with E-state index in [-0.39, 0.29) is 0 Å². The summed E-state index contributed by atoms with van der Waals surface area (Å²) in [6.07, 6.45) is 2.44. The van der Waals surface area contributed by atoms with Crippen molar-refractivity contribution in [2.75, 3.05) is 0 Å². The Morgan fingerprint density at radius 2 is 2.05 bits per heavy atom. The van der Waals surface area contributed by atoms with Crippen LogP contribution in [0.4, 0.5) is 4.79 Å². The van der Waals surface area contributed by atoms with Crippen LogP contribution < -0.4 is 10.9 Å². The van der Waals surface area contributed by atoms with Gasteiger partial charge >= 0.3 is 6.09 Å². The van der Waals surface area contributed by atoms with E-state index < -0.39 is 17.6 Å². The summed E-state index contributed by atoms with van der Waals surface area (Å²) in [7, 11) is 0. The van der Waals surface area contributed by atoms with E-state index >= 15 is 0 Å². The molecule has 0 spiro atoms. The molecule has 7 nitrogen and oxygen atoms in total. The minimum absolute atomic E-state index is 0.393. The molecule has 0 saturated heterocycles. The fourth-order valence-corrected chi connectivity index (χ4v) is 1.62. The maximum Gasteiger partial charge on any atom is 0.426 e. The number of carbonyl (C=O) groups excluding carboxylic acids is 2. The Hall–Kier alpha value is -2.57. The Labute approximate surface area is 115 Å². The molecule has 0 aliphatic carbocycles. The topological polar surface area (TPSA) is 96.1 Å². The summed E-state index contributed by atoms with van der Waals surface area (Å²) in [5, 5.41) is 0.677. The summed E-state index contributed by atoms with van der Waals surface area (Å²) in [5.41, 5.74) is 4.86. The van der Waals surface area contributed by atoms with Crippen molar-refractivity contribution < 1.29 is 14.3 Å². The molecule has 2 rings (SSSR count). The van der Waals surface area contributed by atoms with Gasteiger partial charge in [0.1, 0.15) is 11.2 Å². The number of aromatic nitrogens is 2. The van der Waals surface area contributed by atoms with Crippen LogP contribution >= 0.6 is 0 Å². The van der Waals surface area contributed by atoms with Gasteiger partial charge in [-0.3, -0.25) is 10.2 Å². The zero-order valence-electron chi connectivity index (χ0n) is 11.5. The molecular weight excluding hydrogens is 260 g/mol. The van der Waals surface area contributed by atoms with Gasteiger partial charge in [-0.1, -0.05) is 0 Å². The van der Waals surface area contributed by atoms with E-state index in [1.54, 1.807) is 39.1 Å². The molecule has 2 amide bonds. The van der Waals surface area contributed by atoms with Crippen molar-refractivity contribution in [3.63, 3.8) is 0 Å². The molecule has 2 aromatic rings. The van der Waals surface area contributed by atoms with Crippen molar-refractivity contribution in [2.45, 2.75) is 26.4 Å². The smallest absolute Gasteiger partial charge is 0.426 e. The molecule has 7 heteroatoms. The summed E-state index contributed by atoms with van der Waals surface area (Å²) < 4.78 is 5.01. The Kier molecular flexibility index (Phi) is 3.60. The van der Waals surface area contributed by atoms with Crippen molar-refractivity contribution in [1.82, 2.24) is 20.8 Å². The predicted molar refractivity (Wildman–Crippen MR) is 72.9 cm³/mol. The first-order chi connectivity index (χ1) is 9.37. The van der Waals surface area contributed by atoms with Gasteiger partial charge in [0.2, 0.25) is 0 Å². The molecule has 0 aromatic carbocycles. The third-order valence-electron chi connectivity index (χ3n) is 2.37. The molecule has 2 aromatic heterocycles. The molecule has 0 radical (unpaired) electrons. The fourth-order valence-electron chi connectivity index (χ4n) is 1.62. The molecular formula is C13H16N4O3. The van der Waals surface area contributed by atoms with E-state index in [4.69, 9.17) is 4.74 Å². The van der Waals surface area contributed by atoms with Crippen LogP contribution in [0, 0.1) is 0 Å². The largest absolute Gasteiger partial charge is 0.443 e. The van der Waals surface area contributed by atoms with E-state index in [2.05, 4.69) is 20.8 Å². The summed E-state index contributed by atoms with van der Waals surface area (Å²) >= 11 is 0. The van der Waals surface area contributed by atoms with E-state index in [1.165, 1.54) is 6.20 Å². The second-order valence-electron chi connectivity index (χ2n) is 5.18. The van der Waals surface area contributed by atoms with Crippen LogP contribution in [0.1, 0.15) is 31.1 Å². The Bertz CT molecular complexity index is 642. The number of nitrogens with one attached hydrogen (secondary N) is 3. The first-order valence-corrected chi connectivity index (χ1v) is 6.08. The van der Waals surface area contributed by atoms with Crippen molar-refractivity contribution in [2.24, 2.45) is 0 Å². The van der Waals surface area contributed by atoms with Gasteiger partial charge in [-0.2, -0.15) is 0 Å². The highest BCUT2D eigenvalue weighted by Gasteiger charge is 2.17. The second kappa shape index (κ2) is 5.20. The van der Waals surface area contributed by atoms with Crippen molar-refractivity contribution in [3.8, 4) is 0 Å². The summed E-state index contributed by atoms with van der Waals surface area (Å²) in [5.74, 6) is -0.449. The standard InChI is InChI=1S/C13H16N4O3/c1-13(2,3)20-12(19)17-16-11(18)9-7-15-10-8(9)5-4-6-14-10/h4-7H,1-3H3,(H,14,15)(H,16,18)(H,17,19). The van der Waals surface area contributed by atoms with Gasteiger partial charge in [0.25, 0.3) is 5.91 Å². The van der Waals surface area contributed by atoms with Crippen LogP contribution in [0.15, 0.2) is 24.5 Å². The van der Waals surface area contributed by atoms with Crippen molar-refractivity contribution >= 4 is 23.0 Å². The number of rotatable bonds is 1. The summed E-state index contributed by atoms with van der Waals surface area (Å²) in [6, 6.07) is 3.50. The Balaban J connectivity index is 2.01. The Morgan fingerprint density at radius 1 is 1.30 bits per heavy atom. The number of hydrogen-bond acceptors (Lipinski definition) is 4. The fraction of sp³-hybridized carbons (Fsp3) is 0.308. The molecule has 0 aliphatic rings. The number of aromatic amines is 1. The number of nitrogens with zero attached hydrogens (tertiary/aromatic N) is 1. The lowest BCUT2D eigenvalue weighted by Crippen LogP contribution is -2.44. The molecule has 0 aliphatic heterocycles. The number of fused-ring (bicyclic) bond motifs is 1. The van der Waals surface area contributed by atoms with Crippen LogP contribution in [0.5, 0.6) is 0 Å². The van der Waals surface area contributed by atoms with Crippen molar-refractivity contribution in [1.29, 1.82) is 0 Å². The molecule has 0 atom stereocenters. The van der Waals surface area contributed by atoms with Gasteiger partial charge in [-0.05, 0) is 32.9 Å². The number of H-pyrrole nitrogens is 1. The van der Waals surface area contributed by atoms with E-state index in [9.17, 15) is 9.59 Å². The van der Waals surface area contributed by atoms with Gasteiger partial charge in [0.05, 0.1) is 5.56 Å². The molecule has 0 bridgehead atoms. The predicted octanol–water partition coefficient (Wildman–Crippen LogP) is 1.73. The SMILES string of the molecule is CC(C)(C)OC(=O)NNC(=O)c1c[nH]c2ncccc12. The average molecular weight is 276 g/mol. The minimum Gasteiger partial charge on any atom is -0.443 e. The van der Waals surface area contributed by atoms with Crippen LogP contribution in [-0.4, -0.2) is 27.6 Å². The highest BCUT2D eigenvalue weighted by atomic mass is 16.6. The zero-order valence-corrected chi connectivity index (χ0v) is 11.5. The molecule has 106 valence electrons. The average Bonchev–Trinajstić information content (AvgIpc) is 2.78. The number of pyridine rings is 1. The highest BCUT2D eigenvalue weighted by Crippen LogP contribution is 2.15. The van der Waals surface area contributed by atoms with Crippen LogP contribution in [0.2, 0.25) is 0 Å². The molecule has 0 unspecified atom stereocenters. The van der Waals surface area contributed by atoms with Gasteiger partial charge in [-0.15, -0.1) is 0 Å². The van der Waals surface area contributed by atoms with Gasteiger partial charge in [0.15, 0.2) is 0 Å². The number of ether oxygens (including phenoxy) is 1. The maximum atomic E-state index is 12.0. The van der Waals surface area contributed by atoms with Crippen LogP contribution in [0.3, 0.4) is 0 Å². The monoisotopic (exact) mass is 276 g/mol. The van der Waals surface area contributed by atoms with Crippen molar-refractivity contribution in [3.05, 3.63) is 30.1 Å². The third kappa shape index (κ3) is 3.25. The molecule has 2 heterocycles. The van der Waals surface area contributed by atoms with E-state index in [1.807, 2.05) is 0 Å². The summed E-state index contributed by atoms with van der Waals surface area (Å²) in [4.78, 5) is 30.3. The van der Waals surface area contributed by atoms with E-state index in [0.29, 0.717) is 16.6 Å². The first kappa shape index (κ1) is 13.9. The normalized spacial score (nSPS) is 11.2.